The molecule has 1 N–H and O–H groups in total. The van der Waals surface area contributed by atoms with Gasteiger partial charge in [-0.15, -0.1) is 0 Å². The van der Waals surface area contributed by atoms with Crippen LogP contribution in [0.25, 0.3) is 17.0 Å². The molecular weight excluding hydrogens is 384 g/mol. The molecule has 7 nitrogen and oxygen atoms in total. The quantitative estimate of drug-likeness (QED) is 0.474. The van der Waals surface area contributed by atoms with Crippen LogP contribution in [-0.2, 0) is 14.3 Å². The van der Waals surface area contributed by atoms with Gasteiger partial charge < -0.3 is 19.5 Å². The number of pyridine rings is 1. The van der Waals surface area contributed by atoms with E-state index in [9.17, 15) is 9.59 Å². The van der Waals surface area contributed by atoms with Crippen LogP contribution in [-0.4, -0.2) is 37.2 Å². The van der Waals surface area contributed by atoms with Gasteiger partial charge >= 0.3 is 5.97 Å². The van der Waals surface area contributed by atoms with Gasteiger partial charge in [-0.05, 0) is 31.2 Å². The van der Waals surface area contributed by atoms with Crippen molar-refractivity contribution < 1.29 is 23.8 Å². The third-order valence-electron chi connectivity index (χ3n) is 4.38. The summed E-state index contributed by atoms with van der Waals surface area (Å²) in [5, 5.41) is 3.65. The summed E-state index contributed by atoms with van der Waals surface area (Å²) < 4.78 is 15.6. The minimum atomic E-state index is -0.985. The molecule has 1 amide bonds. The lowest BCUT2D eigenvalue weighted by Gasteiger charge is -2.14. The van der Waals surface area contributed by atoms with Gasteiger partial charge in [0.2, 0.25) is 0 Å². The molecule has 0 fully saturated rings. The van der Waals surface area contributed by atoms with E-state index in [1.807, 2.05) is 30.3 Å². The molecule has 0 aliphatic heterocycles. The lowest BCUT2D eigenvalue weighted by Crippen LogP contribution is -2.29. The van der Waals surface area contributed by atoms with E-state index in [0.717, 1.165) is 16.5 Å². The van der Waals surface area contributed by atoms with Gasteiger partial charge in [0.1, 0.15) is 0 Å². The highest BCUT2D eigenvalue weighted by atomic mass is 16.5. The predicted molar refractivity (Wildman–Crippen MR) is 115 cm³/mol. The second-order valence-electron chi connectivity index (χ2n) is 6.39. The highest BCUT2D eigenvalue weighted by Crippen LogP contribution is 2.29. The van der Waals surface area contributed by atoms with Crippen molar-refractivity contribution in [2.24, 2.45) is 0 Å². The first-order valence-corrected chi connectivity index (χ1v) is 9.27. The summed E-state index contributed by atoms with van der Waals surface area (Å²) >= 11 is 0. The standard InChI is InChI=1S/C23H22N2O5/c1-15(23(27)25-18-10-11-19(28-2)20(14-18)29-3)30-21(26)12-9-17-7-4-6-16-8-5-13-24-22(16)17/h4-15H,1-3H3,(H,25,27)/b12-9+. The van der Waals surface area contributed by atoms with E-state index in [4.69, 9.17) is 14.2 Å². The number of amides is 1. The molecule has 1 atom stereocenters. The number of hydrogen-bond acceptors (Lipinski definition) is 6. The zero-order valence-electron chi connectivity index (χ0n) is 16.9. The highest BCUT2D eigenvalue weighted by Gasteiger charge is 2.17. The Bertz CT molecular complexity index is 1090. The Hall–Kier alpha value is -3.87. The molecule has 3 aromatic rings. The van der Waals surface area contributed by atoms with Gasteiger partial charge in [-0.1, -0.05) is 24.3 Å². The van der Waals surface area contributed by atoms with Crippen molar-refractivity contribution >= 4 is 34.5 Å². The molecule has 1 aromatic heterocycles. The van der Waals surface area contributed by atoms with E-state index >= 15 is 0 Å². The molecule has 0 saturated heterocycles. The fourth-order valence-corrected chi connectivity index (χ4v) is 2.85. The van der Waals surface area contributed by atoms with Crippen LogP contribution in [0.5, 0.6) is 11.5 Å². The molecule has 0 aliphatic carbocycles. The van der Waals surface area contributed by atoms with E-state index in [-0.39, 0.29) is 0 Å². The Morgan fingerprint density at radius 3 is 2.57 bits per heavy atom. The second kappa shape index (κ2) is 9.56. The molecule has 1 unspecified atom stereocenters. The lowest BCUT2D eigenvalue weighted by molar-refractivity contribution is -0.148. The van der Waals surface area contributed by atoms with Crippen molar-refractivity contribution in [3.05, 3.63) is 66.4 Å². The van der Waals surface area contributed by atoms with Gasteiger partial charge in [0.25, 0.3) is 5.91 Å². The molecule has 0 aliphatic rings. The first-order valence-electron chi connectivity index (χ1n) is 9.27. The maximum atomic E-state index is 12.4. The van der Waals surface area contributed by atoms with Gasteiger partial charge in [-0.2, -0.15) is 0 Å². The normalized spacial score (nSPS) is 11.8. The zero-order chi connectivity index (χ0) is 21.5. The monoisotopic (exact) mass is 406 g/mol. The van der Waals surface area contributed by atoms with Crippen molar-refractivity contribution in [2.45, 2.75) is 13.0 Å². The van der Waals surface area contributed by atoms with Crippen molar-refractivity contribution in [3.63, 3.8) is 0 Å². The Kier molecular flexibility index (Phi) is 6.64. The van der Waals surface area contributed by atoms with E-state index in [2.05, 4.69) is 10.3 Å². The Labute approximate surface area is 174 Å². The maximum absolute atomic E-state index is 12.4. The van der Waals surface area contributed by atoms with Crippen LogP contribution in [0.2, 0.25) is 0 Å². The number of para-hydroxylation sites is 1. The number of rotatable bonds is 7. The third-order valence-corrected chi connectivity index (χ3v) is 4.38. The summed E-state index contributed by atoms with van der Waals surface area (Å²) in [6, 6.07) is 14.4. The molecule has 30 heavy (non-hydrogen) atoms. The number of nitrogens with one attached hydrogen (secondary N) is 1. The zero-order valence-corrected chi connectivity index (χ0v) is 16.9. The number of hydrogen-bond donors (Lipinski definition) is 1. The van der Waals surface area contributed by atoms with Crippen LogP contribution >= 0.6 is 0 Å². The molecule has 3 rings (SSSR count). The number of nitrogens with zero attached hydrogens (tertiary/aromatic N) is 1. The average molecular weight is 406 g/mol. The molecule has 1 heterocycles. The molecule has 0 spiro atoms. The smallest absolute Gasteiger partial charge is 0.331 e. The Morgan fingerprint density at radius 1 is 1.03 bits per heavy atom. The first-order chi connectivity index (χ1) is 14.5. The molecule has 2 aromatic carbocycles. The fraction of sp³-hybridized carbons (Fsp3) is 0.174. The van der Waals surface area contributed by atoms with E-state index in [0.29, 0.717) is 17.2 Å². The number of carbonyl (C=O) groups is 2. The number of methoxy groups -OCH3 is 2. The fourth-order valence-electron chi connectivity index (χ4n) is 2.85. The van der Waals surface area contributed by atoms with Crippen LogP contribution in [0.1, 0.15) is 12.5 Å². The van der Waals surface area contributed by atoms with Gasteiger partial charge in [0.05, 0.1) is 19.7 Å². The van der Waals surface area contributed by atoms with Gasteiger partial charge in [0, 0.05) is 35.0 Å². The molecular formula is C23H22N2O5. The topological polar surface area (TPSA) is 86.8 Å². The van der Waals surface area contributed by atoms with E-state index in [1.54, 1.807) is 30.5 Å². The number of ether oxygens (including phenoxy) is 3. The van der Waals surface area contributed by atoms with Crippen molar-refractivity contribution in [1.29, 1.82) is 0 Å². The second-order valence-corrected chi connectivity index (χ2v) is 6.39. The number of aromatic nitrogens is 1. The minimum Gasteiger partial charge on any atom is -0.493 e. The molecule has 0 saturated carbocycles. The van der Waals surface area contributed by atoms with Gasteiger partial charge in [0.15, 0.2) is 17.6 Å². The summed E-state index contributed by atoms with van der Waals surface area (Å²) in [4.78, 5) is 28.8. The first kappa shape index (κ1) is 20.9. The van der Waals surface area contributed by atoms with Crippen LogP contribution in [0.15, 0.2) is 60.8 Å². The molecule has 7 heteroatoms. The van der Waals surface area contributed by atoms with Crippen LogP contribution < -0.4 is 14.8 Å². The summed E-state index contributed by atoms with van der Waals surface area (Å²) in [5.41, 5.74) is 2.06. The van der Waals surface area contributed by atoms with Crippen LogP contribution in [0, 0.1) is 0 Å². The SMILES string of the molecule is COc1ccc(NC(=O)C(C)OC(=O)/C=C/c2cccc3cccnc23)cc1OC. The Balaban J connectivity index is 1.62. The number of esters is 1. The third kappa shape index (κ3) is 4.94. The van der Waals surface area contributed by atoms with Crippen LogP contribution in [0.4, 0.5) is 5.69 Å². The van der Waals surface area contributed by atoms with Crippen LogP contribution in [0.3, 0.4) is 0 Å². The summed E-state index contributed by atoms with van der Waals surface area (Å²) in [5.74, 6) is -0.0664. The van der Waals surface area contributed by atoms with Crippen molar-refractivity contribution in [3.8, 4) is 11.5 Å². The van der Waals surface area contributed by atoms with E-state index < -0.39 is 18.0 Å². The molecule has 154 valence electrons. The number of fused-ring (bicyclic) bond motifs is 1. The maximum Gasteiger partial charge on any atom is 0.331 e. The lowest BCUT2D eigenvalue weighted by atomic mass is 10.1. The highest BCUT2D eigenvalue weighted by molar-refractivity contribution is 5.97. The number of benzene rings is 2. The summed E-state index contributed by atoms with van der Waals surface area (Å²) in [7, 11) is 3.03. The van der Waals surface area contributed by atoms with Crippen molar-refractivity contribution in [2.75, 3.05) is 19.5 Å². The van der Waals surface area contributed by atoms with Crippen molar-refractivity contribution in [1.82, 2.24) is 4.98 Å². The summed E-state index contributed by atoms with van der Waals surface area (Å²) in [6.07, 6.45) is 3.61. The number of anilines is 1. The van der Waals surface area contributed by atoms with Gasteiger partial charge in [-0.3, -0.25) is 9.78 Å². The van der Waals surface area contributed by atoms with Gasteiger partial charge in [-0.25, -0.2) is 4.79 Å². The molecule has 0 radical (unpaired) electrons. The number of carbonyl (C=O) groups excluding carboxylic acids is 2. The van der Waals surface area contributed by atoms with E-state index in [1.165, 1.54) is 27.2 Å². The minimum absolute atomic E-state index is 0.462. The average Bonchev–Trinajstić information content (AvgIpc) is 2.77. The molecule has 0 bridgehead atoms. The Morgan fingerprint density at radius 2 is 1.80 bits per heavy atom. The largest absolute Gasteiger partial charge is 0.493 e. The predicted octanol–water partition coefficient (Wildman–Crippen LogP) is 3.84. The summed E-state index contributed by atoms with van der Waals surface area (Å²) in [6.45, 7) is 1.50.